The first-order valence-corrected chi connectivity index (χ1v) is 11.6. The minimum Gasteiger partial charge on any atom is -0.480 e. The van der Waals surface area contributed by atoms with Gasteiger partial charge in [0, 0.05) is 12.3 Å². The van der Waals surface area contributed by atoms with Gasteiger partial charge in [-0.3, -0.25) is 19.2 Å². The van der Waals surface area contributed by atoms with E-state index in [0.29, 0.717) is 12.0 Å². The summed E-state index contributed by atoms with van der Waals surface area (Å²) in [6, 6.07) is 1.00. The summed E-state index contributed by atoms with van der Waals surface area (Å²) in [6.07, 6.45) is 0.0374. The number of carbonyl (C=O) groups is 5. The summed E-state index contributed by atoms with van der Waals surface area (Å²) in [5.41, 5.74) is 0.492. The molecule has 12 heteroatoms. The third-order valence-electron chi connectivity index (χ3n) is 5.74. The molecule has 36 heavy (non-hydrogen) atoms. The van der Waals surface area contributed by atoms with Gasteiger partial charge in [-0.15, -0.1) is 0 Å². The molecular weight excluding hydrogens is 480 g/mol. The standard InChI is InChI=1S/C24H31F2N3O7/c1-4-36-20(31)8-7-18(24(34)35)28-23(33)21(12(2)3)29-19(30)11-27-22(32)15-10-14(15)13-5-6-16(25)17(26)9-13/h5-6,9,12,14-15,18,21H,4,7-8,10-11H2,1-3H3,(H,27,32)(H,28,33)(H,29,30)(H,34,35). The fourth-order valence-electron chi connectivity index (χ4n) is 3.67. The van der Waals surface area contributed by atoms with Crippen molar-refractivity contribution in [2.24, 2.45) is 11.8 Å². The van der Waals surface area contributed by atoms with Gasteiger partial charge in [0.25, 0.3) is 0 Å². The number of amides is 3. The summed E-state index contributed by atoms with van der Waals surface area (Å²) in [5.74, 6) is -6.93. The molecule has 2 rings (SSSR count). The molecule has 4 N–H and O–H groups in total. The first-order chi connectivity index (χ1) is 16.9. The summed E-state index contributed by atoms with van der Waals surface area (Å²) in [4.78, 5) is 60.4. The third kappa shape index (κ3) is 8.28. The Morgan fingerprint density at radius 1 is 1.11 bits per heavy atom. The van der Waals surface area contributed by atoms with Crippen LogP contribution in [0.15, 0.2) is 18.2 Å². The Balaban J connectivity index is 1.86. The van der Waals surface area contributed by atoms with Gasteiger partial charge in [0.05, 0.1) is 13.2 Å². The van der Waals surface area contributed by atoms with Crippen molar-refractivity contribution >= 4 is 29.7 Å². The van der Waals surface area contributed by atoms with E-state index in [9.17, 15) is 37.9 Å². The number of hydrogen-bond donors (Lipinski definition) is 4. The molecule has 0 heterocycles. The Kier molecular flexibility index (Phi) is 10.3. The summed E-state index contributed by atoms with van der Waals surface area (Å²) < 4.78 is 31.3. The van der Waals surface area contributed by atoms with Crippen molar-refractivity contribution in [3.05, 3.63) is 35.4 Å². The van der Waals surface area contributed by atoms with Crippen molar-refractivity contribution in [1.29, 1.82) is 0 Å². The maximum Gasteiger partial charge on any atom is 0.326 e. The Morgan fingerprint density at radius 3 is 2.39 bits per heavy atom. The minimum absolute atomic E-state index is 0.146. The normalized spacial score (nSPS) is 18.1. The van der Waals surface area contributed by atoms with Gasteiger partial charge < -0.3 is 25.8 Å². The van der Waals surface area contributed by atoms with Gasteiger partial charge in [-0.2, -0.15) is 0 Å². The van der Waals surface area contributed by atoms with Gasteiger partial charge >= 0.3 is 11.9 Å². The number of nitrogens with one attached hydrogen (secondary N) is 3. The second-order valence-electron chi connectivity index (χ2n) is 8.87. The van der Waals surface area contributed by atoms with Gasteiger partial charge in [-0.05, 0) is 49.3 Å². The van der Waals surface area contributed by atoms with Crippen LogP contribution in [0, 0.1) is 23.5 Å². The lowest BCUT2D eigenvalue weighted by Crippen LogP contribution is -2.55. The summed E-state index contributed by atoms with van der Waals surface area (Å²) >= 11 is 0. The highest BCUT2D eigenvalue weighted by atomic mass is 19.2. The van der Waals surface area contributed by atoms with Crippen LogP contribution in [-0.4, -0.2) is 60.0 Å². The maximum atomic E-state index is 13.4. The van der Waals surface area contributed by atoms with E-state index in [2.05, 4.69) is 16.0 Å². The molecule has 1 aromatic carbocycles. The molecule has 1 saturated carbocycles. The lowest BCUT2D eigenvalue weighted by atomic mass is 10.0. The monoisotopic (exact) mass is 511 g/mol. The average Bonchev–Trinajstić information content (AvgIpc) is 3.61. The molecule has 1 aliphatic carbocycles. The highest BCUT2D eigenvalue weighted by molar-refractivity contribution is 5.93. The molecule has 0 spiro atoms. The lowest BCUT2D eigenvalue weighted by Gasteiger charge is -2.24. The van der Waals surface area contributed by atoms with Gasteiger partial charge in [0.1, 0.15) is 12.1 Å². The molecule has 0 radical (unpaired) electrons. The number of halogens is 2. The maximum absolute atomic E-state index is 13.4. The molecule has 1 fully saturated rings. The number of carboxylic acids is 1. The smallest absolute Gasteiger partial charge is 0.326 e. The predicted octanol–water partition coefficient (Wildman–Crippen LogP) is 1.24. The van der Waals surface area contributed by atoms with E-state index in [0.717, 1.165) is 12.1 Å². The first kappa shape index (κ1) is 28.7. The number of ether oxygens (including phenoxy) is 1. The van der Waals surface area contributed by atoms with Crippen LogP contribution >= 0.6 is 0 Å². The number of rotatable bonds is 13. The zero-order valence-electron chi connectivity index (χ0n) is 20.3. The molecule has 198 valence electrons. The topological polar surface area (TPSA) is 151 Å². The van der Waals surface area contributed by atoms with E-state index in [-0.39, 0.29) is 25.4 Å². The van der Waals surface area contributed by atoms with Gasteiger partial charge in [0.2, 0.25) is 17.7 Å². The van der Waals surface area contributed by atoms with E-state index in [1.165, 1.54) is 6.07 Å². The highest BCUT2D eigenvalue weighted by Crippen LogP contribution is 2.47. The fraction of sp³-hybridized carbons (Fsp3) is 0.542. The molecule has 4 unspecified atom stereocenters. The van der Waals surface area contributed by atoms with Crippen molar-refractivity contribution in [1.82, 2.24) is 16.0 Å². The lowest BCUT2D eigenvalue weighted by molar-refractivity contribution is -0.145. The first-order valence-electron chi connectivity index (χ1n) is 11.6. The number of carboxylic acid groups (broad SMARTS) is 1. The zero-order chi connectivity index (χ0) is 27.0. The largest absolute Gasteiger partial charge is 0.480 e. The quantitative estimate of drug-likeness (QED) is 0.291. The molecule has 10 nitrogen and oxygen atoms in total. The summed E-state index contributed by atoms with van der Waals surface area (Å²) in [7, 11) is 0. The molecule has 1 aliphatic rings. The van der Waals surface area contributed by atoms with Crippen molar-refractivity contribution in [2.45, 2.75) is 58.0 Å². The van der Waals surface area contributed by atoms with E-state index in [1.807, 2.05) is 0 Å². The predicted molar refractivity (Wildman–Crippen MR) is 122 cm³/mol. The van der Waals surface area contributed by atoms with Crippen molar-refractivity contribution in [3.8, 4) is 0 Å². The van der Waals surface area contributed by atoms with Crippen LogP contribution in [0.5, 0.6) is 0 Å². The van der Waals surface area contributed by atoms with Crippen LogP contribution in [0.25, 0.3) is 0 Å². The molecule has 1 aromatic rings. The SMILES string of the molecule is CCOC(=O)CCC(NC(=O)C(NC(=O)CNC(=O)C1CC1c1ccc(F)c(F)c1)C(C)C)C(=O)O. The summed E-state index contributed by atoms with van der Waals surface area (Å²) in [6.45, 7) is 4.62. The number of esters is 1. The second kappa shape index (κ2) is 12.9. The third-order valence-corrected chi connectivity index (χ3v) is 5.74. The number of hydrogen-bond acceptors (Lipinski definition) is 6. The zero-order valence-corrected chi connectivity index (χ0v) is 20.3. The van der Waals surface area contributed by atoms with Crippen LogP contribution in [0.4, 0.5) is 8.78 Å². The Bertz CT molecular complexity index is 1000. The van der Waals surface area contributed by atoms with E-state index >= 15 is 0 Å². The number of carbonyl (C=O) groups excluding carboxylic acids is 4. The fourth-order valence-corrected chi connectivity index (χ4v) is 3.67. The van der Waals surface area contributed by atoms with E-state index < -0.39 is 71.8 Å². The van der Waals surface area contributed by atoms with Gasteiger partial charge in [-0.25, -0.2) is 13.6 Å². The molecule has 0 bridgehead atoms. The molecule has 0 aliphatic heterocycles. The highest BCUT2D eigenvalue weighted by Gasteiger charge is 2.44. The van der Waals surface area contributed by atoms with E-state index in [1.54, 1.807) is 20.8 Å². The number of aliphatic carboxylic acids is 1. The Morgan fingerprint density at radius 2 is 1.81 bits per heavy atom. The molecule has 4 atom stereocenters. The molecular formula is C24H31F2N3O7. The molecule has 3 amide bonds. The average molecular weight is 512 g/mol. The van der Waals surface area contributed by atoms with Gasteiger partial charge in [-0.1, -0.05) is 19.9 Å². The van der Waals surface area contributed by atoms with Crippen LogP contribution in [0.3, 0.4) is 0 Å². The molecule has 0 saturated heterocycles. The van der Waals surface area contributed by atoms with Crippen LogP contribution < -0.4 is 16.0 Å². The van der Waals surface area contributed by atoms with Crippen LogP contribution in [0.2, 0.25) is 0 Å². The number of benzene rings is 1. The Hall–Kier alpha value is -3.57. The van der Waals surface area contributed by atoms with Gasteiger partial charge in [0.15, 0.2) is 11.6 Å². The van der Waals surface area contributed by atoms with Crippen molar-refractivity contribution < 1.29 is 42.6 Å². The minimum atomic E-state index is -1.36. The van der Waals surface area contributed by atoms with Crippen LogP contribution in [0.1, 0.15) is 51.5 Å². The van der Waals surface area contributed by atoms with E-state index in [4.69, 9.17) is 4.74 Å². The Labute approximate surface area is 207 Å². The van der Waals surface area contributed by atoms with Crippen molar-refractivity contribution in [3.63, 3.8) is 0 Å². The van der Waals surface area contributed by atoms with Crippen LogP contribution in [-0.2, 0) is 28.7 Å². The summed E-state index contributed by atoms with van der Waals surface area (Å²) in [5, 5.41) is 16.6. The molecule has 0 aromatic heterocycles. The van der Waals surface area contributed by atoms with Crippen molar-refractivity contribution in [2.75, 3.05) is 13.2 Å². The second-order valence-corrected chi connectivity index (χ2v) is 8.87.